The van der Waals surface area contributed by atoms with E-state index in [1.165, 1.54) is 51.5 Å². The Kier molecular flexibility index (Phi) is 8.35. The maximum atomic E-state index is 11.3. The van der Waals surface area contributed by atoms with Crippen LogP contribution in [0.5, 0.6) is 28.7 Å². The normalized spacial score (nSPS) is 10.8. The average Bonchev–Trinajstić information content (AvgIpc) is 3.21. The van der Waals surface area contributed by atoms with E-state index in [1.54, 1.807) is 18.2 Å². The van der Waals surface area contributed by atoms with E-state index in [0.29, 0.717) is 34.2 Å². The molecular weight excluding hydrogens is 440 g/mol. The molecule has 0 bridgehead atoms. The topological polar surface area (TPSA) is 134 Å². The van der Waals surface area contributed by atoms with Gasteiger partial charge >= 0.3 is 37.4 Å². The number of rotatable bonds is 8. The summed E-state index contributed by atoms with van der Waals surface area (Å²) in [5.74, 6) is 1.31. The SMILES string of the molecule is COc1ccc(-c2cnnn2-c2cc(OC)c(OC)c(OC)c2)cc1OP(=O)(O)O.[NaH]. The van der Waals surface area contributed by atoms with Crippen LogP contribution in [0, 0.1) is 0 Å². The molecule has 0 unspecified atom stereocenters. The molecule has 1 aromatic heterocycles. The van der Waals surface area contributed by atoms with Crippen LogP contribution in [0.1, 0.15) is 0 Å². The molecule has 162 valence electrons. The van der Waals surface area contributed by atoms with Crippen LogP contribution in [0.15, 0.2) is 36.5 Å². The molecule has 3 aromatic rings. The van der Waals surface area contributed by atoms with E-state index in [0.717, 1.165) is 0 Å². The van der Waals surface area contributed by atoms with Crippen LogP contribution in [-0.2, 0) is 4.57 Å². The van der Waals surface area contributed by atoms with Crippen LogP contribution in [-0.4, -0.2) is 82.8 Å². The predicted octanol–water partition coefficient (Wildman–Crippen LogP) is 1.79. The summed E-state index contributed by atoms with van der Waals surface area (Å²) in [7, 11) is 1.07. The van der Waals surface area contributed by atoms with Gasteiger partial charge in [-0.1, -0.05) is 5.21 Å². The van der Waals surface area contributed by atoms with Crippen molar-refractivity contribution >= 4 is 37.4 Å². The van der Waals surface area contributed by atoms with Crippen molar-refractivity contribution in [3.63, 3.8) is 0 Å². The first kappa shape index (κ1) is 25.0. The first-order valence-corrected chi connectivity index (χ1v) is 9.99. The van der Waals surface area contributed by atoms with Gasteiger partial charge in [-0.05, 0) is 18.2 Å². The van der Waals surface area contributed by atoms with Crippen LogP contribution in [0.4, 0.5) is 0 Å². The molecule has 3 rings (SSSR count). The summed E-state index contributed by atoms with van der Waals surface area (Å²) < 4.78 is 38.8. The first-order valence-electron chi connectivity index (χ1n) is 8.46. The minimum absolute atomic E-state index is 0. The van der Waals surface area contributed by atoms with Crippen molar-refractivity contribution in [2.45, 2.75) is 0 Å². The summed E-state index contributed by atoms with van der Waals surface area (Å²) in [5, 5.41) is 8.05. The maximum absolute atomic E-state index is 11.3. The average molecular weight is 461 g/mol. The van der Waals surface area contributed by atoms with E-state index in [1.807, 2.05) is 0 Å². The number of hydrogen-bond acceptors (Lipinski definition) is 8. The molecule has 31 heavy (non-hydrogen) atoms. The Morgan fingerprint density at radius 1 is 0.871 bits per heavy atom. The number of hydrogen-bond donors (Lipinski definition) is 2. The zero-order valence-corrected chi connectivity index (χ0v) is 17.5. The molecule has 13 heteroatoms. The van der Waals surface area contributed by atoms with E-state index in [4.69, 9.17) is 23.5 Å². The number of ether oxygens (including phenoxy) is 4. The van der Waals surface area contributed by atoms with E-state index < -0.39 is 7.82 Å². The summed E-state index contributed by atoms with van der Waals surface area (Å²) in [5.41, 5.74) is 1.60. The van der Waals surface area contributed by atoms with Gasteiger partial charge in [-0.3, -0.25) is 9.79 Å². The van der Waals surface area contributed by atoms with Gasteiger partial charge in [0.1, 0.15) is 0 Å². The molecule has 0 saturated carbocycles. The van der Waals surface area contributed by atoms with E-state index in [9.17, 15) is 14.4 Å². The number of phosphoric ester groups is 1. The van der Waals surface area contributed by atoms with Gasteiger partial charge in [-0.15, -0.1) is 5.10 Å². The molecule has 0 aliphatic heterocycles. The van der Waals surface area contributed by atoms with Crippen molar-refractivity contribution in [2.75, 3.05) is 28.4 Å². The second-order valence-corrected chi connectivity index (χ2v) is 7.03. The summed E-state index contributed by atoms with van der Waals surface area (Å²) in [6, 6.07) is 8.00. The molecule has 1 heterocycles. The van der Waals surface area contributed by atoms with Gasteiger partial charge in [0.2, 0.25) is 5.75 Å². The van der Waals surface area contributed by atoms with Crippen molar-refractivity contribution in [2.24, 2.45) is 0 Å². The third kappa shape index (κ3) is 5.51. The van der Waals surface area contributed by atoms with Crippen molar-refractivity contribution in [1.29, 1.82) is 0 Å². The number of phosphoric acid groups is 1. The standard InChI is InChI=1S/C18H20N3O8P.Na.H/c1-25-14-6-5-11(7-15(14)29-30(22,23)24)13-10-19-20-21(13)12-8-16(26-2)18(28-4)17(9-12)27-3;;/h5-10H,1-4H3,(H2,22,23,24);;. The van der Waals surface area contributed by atoms with E-state index >= 15 is 0 Å². The Balaban J connectivity index is 0.00000341. The number of methoxy groups -OCH3 is 4. The van der Waals surface area contributed by atoms with Crippen LogP contribution >= 0.6 is 7.82 Å². The van der Waals surface area contributed by atoms with Crippen LogP contribution in [0.2, 0.25) is 0 Å². The van der Waals surface area contributed by atoms with E-state index in [2.05, 4.69) is 10.3 Å². The van der Waals surface area contributed by atoms with Gasteiger partial charge in [0.15, 0.2) is 23.0 Å². The zero-order chi connectivity index (χ0) is 21.9. The second-order valence-electron chi connectivity index (χ2n) is 5.86. The second kappa shape index (κ2) is 10.4. The van der Waals surface area contributed by atoms with Crippen molar-refractivity contribution in [3.8, 4) is 45.7 Å². The van der Waals surface area contributed by atoms with Gasteiger partial charge in [-0.25, -0.2) is 9.25 Å². The molecule has 0 amide bonds. The fraction of sp³-hybridized carbons (Fsp3) is 0.222. The Morgan fingerprint density at radius 2 is 1.48 bits per heavy atom. The Hall–Kier alpha value is -2.27. The fourth-order valence-corrected chi connectivity index (χ4v) is 3.25. The van der Waals surface area contributed by atoms with Crippen molar-refractivity contribution in [3.05, 3.63) is 36.5 Å². The Bertz CT molecular complexity index is 1080. The Morgan fingerprint density at radius 3 is 2.00 bits per heavy atom. The molecule has 0 fully saturated rings. The predicted molar refractivity (Wildman–Crippen MR) is 113 cm³/mol. The number of benzene rings is 2. The van der Waals surface area contributed by atoms with Crippen molar-refractivity contribution < 1.29 is 37.8 Å². The molecule has 0 aliphatic rings. The van der Waals surface area contributed by atoms with Gasteiger partial charge in [0.25, 0.3) is 0 Å². The van der Waals surface area contributed by atoms with Crippen LogP contribution < -0.4 is 23.5 Å². The third-order valence-corrected chi connectivity index (χ3v) is 4.55. The summed E-state index contributed by atoms with van der Waals surface area (Å²) in [6.07, 6.45) is 1.49. The van der Waals surface area contributed by atoms with Crippen molar-refractivity contribution in [1.82, 2.24) is 15.0 Å². The van der Waals surface area contributed by atoms with Gasteiger partial charge < -0.3 is 23.5 Å². The molecule has 11 nitrogen and oxygen atoms in total. The van der Waals surface area contributed by atoms with E-state index in [-0.39, 0.29) is 41.1 Å². The number of nitrogens with zero attached hydrogens (tertiary/aromatic N) is 3. The fourth-order valence-electron chi connectivity index (χ4n) is 2.85. The minimum atomic E-state index is -4.79. The molecule has 2 aromatic carbocycles. The third-order valence-electron chi connectivity index (χ3n) is 4.12. The monoisotopic (exact) mass is 461 g/mol. The van der Waals surface area contributed by atoms with Gasteiger partial charge in [-0.2, -0.15) is 0 Å². The molecular formula is C18H21N3NaO8P. The summed E-state index contributed by atoms with van der Waals surface area (Å²) >= 11 is 0. The molecule has 0 atom stereocenters. The quantitative estimate of drug-likeness (QED) is 0.378. The molecule has 0 radical (unpaired) electrons. The van der Waals surface area contributed by atoms with Crippen LogP contribution in [0.3, 0.4) is 0 Å². The van der Waals surface area contributed by atoms with Crippen LogP contribution in [0.25, 0.3) is 16.9 Å². The molecule has 0 saturated heterocycles. The van der Waals surface area contributed by atoms with Gasteiger partial charge in [0, 0.05) is 17.7 Å². The van der Waals surface area contributed by atoms with Gasteiger partial charge in [0.05, 0.1) is 46.0 Å². The Labute approximate surface area is 200 Å². The number of aromatic nitrogens is 3. The molecule has 0 spiro atoms. The molecule has 0 aliphatic carbocycles. The molecule has 2 N–H and O–H groups in total. The zero-order valence-electron chi connectivity index (χ0n) is 16.6. The summed E-state index contributed by atoms with van der Waals surface area (Å²) in [4.78, 5) is 18.3. The summed E-state index contributed by atoms with van der Waals surface area (Å²) in [6.45, 7) is 0. The first-order chi connectivity index (χ1) is 14.3.